The zero-order valence-electron chi connectivity index (χ0n) is 27.4. The second-order valence-electron chi connectivity index (χ2n) is 13.1. The van der Waals surface area contributed by atoms with Gasteiger partial charge in [-0.3, -0.25) is 9.78 Å². The molecule has 6 aromatic rings. The molecule has 2 N–H and O–H groups in total. The molecule has 0 bridgehead atoms. The van der Waals surface area contributed by atoms with Gasteiger partial charge in [-0.05, 0) is 72.5 Å². The molecule has 0 saturated carbocycles. The third-order valence-electron chi connectivity index (χ3n) is 10.1. The zero-order valence-corrected chi connectivity index (χ0v) is 28.3. The Kier molecular flexibility index (Phi) is 7.47. The number of amides is 1. The lowest BCUT2D eigenvalue weighted by Gasteiger charge is -2.22. The molecule has 3 aliphatic rings. The van der Waals surface area contributed by atoms with Crippen LogP contribution in [-0.2, 0) is 19.3 Å². The van der Waals surface area contributed by atoms with Crippen molar-refractivity contribution >= 4 is 33.1 Å². The normalized spacial score (nSPS) is 18.6. The van der Waals surface area contributed by atoms with Crippen molar-refractivity contribution in [1.29, 1.82) is 0 Å². The number of anilines is 1. The molecule has 52 heavy (non-hydrogen) atoms. The monoisotopic (exact) mass is 728 g/mol. The number of carbonyl (C=O) groups is 1. The molecule has 264 valence electrons. The fourth-order valence-electron chi connectivity index (χ4n) is 7.82. The summed E-state index contributed by atoms with van der Waals surface area (Å²) >= 11 is 1.24. The van der Waals surface area contributed by atoms with Crippen LogP contribution in [0.25, 0.3) is 32.0 Å². The Morgan fingerprint density at radius 2 is 1.90 bits per heavy atom. The first kappa shape index (κ1) is 32.3. The van der Waals surface area contributed by atoms with Crippen molar-refractivity contribution in [2.45, 2.75) is 50.1 Å². The van der Waals surface area contributed by atoms with E-state index >= 15 is 8.78 Å². The molecule has 9 rings (SSSR count). The van der Waals surface area contributed by atoms with Crippen LogP contribution in [0.15, 0.2) is 63.9 Å². The Hall–Kier alpha value is -5.57. The number of aryl methyl sites for hydroxylation is 2. The lowest BCUT2D eigenvalue weighted by Crippen LogP contribution is -2.28. The zero-order chi connectivity index (χ0) is 35.9. The molecule has 15 heteroatoms. The van der Waals surface area contributed by atoms with Gasteiger partial charge in [0.05, 0.1) is 40.4 Å². The minimum absolute atomic E-state index is 0.0541. The van der Waals surface area contributed by atoms with Crippen molar-refractivity contribution in [2.75, 3.05) is 19.0 Å². The number of pyridine rings is 2. The molecule has 0 radical (unpaired) electrons. The number of nitrogens with one attached hydrogen (secondary N) is 2. The molecule has 1 saturated heterocycles. The Balaban J connectivity index is 1.21. The van der Waals surface area contributed by atoms with E-state index in [-0.39, 0.29) is 46.4 Å². The number of methoxy groups -OCH3 is 1. The third-order valence-corrected chi connectivity index (χ3v) is 11.3. The van der Waals surface area contributed by atoms with Crippen LogP contribution in [0.2, 0.25) is 0 Å². The first-order valence-corrected chi connectivity index (χ1v) is 17.5. The van der Waals surface area contributed by atoms with E-state index in [9.17, 15) is 18.4 Å². The van der Waals surface area contributed by atoms with E-state index in [0.29, 0.717) is 62.4 Å². The van der Waals surface area contributed by atoms with Crippen LogP contribution < -0.4 is 15.8 Å². The van der Waals surface area contributed by atoms with E-state index < -0.39 is 30.0 Å². The standard InChI is InChI=1S/C37H28F4N6O4S/c1-50-30-21-16-37(40,41)32(20(21)9-10-22(30)39)44-33-31-18(12-13-42-33)15-25(52-31)27-26(34-45-46-36(49)51-34)23(11-6-17-4-7-19(38)8-5-17)43-29-24-3-2-14-47(24)35(48)28(27)29/h4-5,7-10,12-13,15,24,32H,2-3,6,11,14,16H2,1H3,(H,42,44)(H,46,49)/t24-,32+/m1/s1. The molecule has 1 aliphatic carbocycles. The number of carbonyl (C=O) groups excluding carboxylic acids is 1. The second-order valence-corrected chi connectivity index (χ2v) is 14.2. The van der Waals surface area contributed by atoms with Gasteiger partial charge >= 0.3 is 5.76 Å². The highest BCUT2D eigenvalue weighted by atomic mass is 32.1. The van der Waals surface area contributed by atoms with Crippen molar-refractivity contribution in [1.82, 2.24) is 25.1 Å². The molecule has 6 heterocycles. The van der Waals surface area contributed by atoms with Crippen molar-refractivity contribution < 1.29 is 31.5 Å². The predicted molar refractivity (Wildman–Crippen MR) is 184 cm³/mol. The van der Waals surface area contributed by atoms with Crippen molar-refractivity contribution in [3.63, 3.8) is 0 Å². The summed E-state index contributed by atoms with van der Waals surface area (Å²) in [5, 5.41) is 10.1. The Bertz CT molecular complexity index is 2480. The molecule has 4 aromatic heterocycles. The van der Waals surface area contributed by atoms with Gasteiger partial charge in [0.15, 0.2) is 11.6 Å². The van der Waals surface area contributed by atoms with Crippen LogP contribution in [0.5, 0.6) is 5.75 Å². The van der Waals surface area contributed by atoms with Crippen molar-refractivity contribution in [3.8, 4) is 27.6 Å². The Morgan fingerprint density at radius 1 is 1.08 bits per heavy atom. The van der Waals surface area contributed by atoms with Gasteiger partial charge in [0.25, 0.3) is 17.7 Å². The van der Waals surface area contributed by atoms with Crippen LogP contribution in [-0.4, -0.2) is 50.5 Å². The van der Waals surface area contributed by atoms with Crippen LogP contribution in [0.4, 0.5) is 23.4 Å². The van der Waals surface area contributed by atoms with Gasteiger partial charge in [0.1, 0.15) is 17.7 Å². The molecule has 2 aliphatic heterocycles. The molecule has 0 spiro atoms. The quantitative estimate of drug-likeness (QED) is 0.155. The smallest absolute Gasteiger partial charge is 0.434 e. The number of thiophene rings is 1. The number of benzene rings is 2. The highest BCUT2D eigenvalue weighted by Gasteiger charge is 2.50. The topological polar surface area (TPSA) is 126 Å². The third kappa shape index (κ3) is 5.08. The van der Waals surface area contributed by atoms with E-state index in [4.69, 9.17) is 14.1 Å². The summed E-state index contributed by atoms with van der Waals surface area (Å²) in [6, 6.07) is 10.4. The molecular formula is C37H28F4N6O4S. The summed E-state index contributed by atoms with van der Waals surface area (Å²) < 4.78 is 70.7. The summed E-state index contributed by atoms with van der Waals surface area (Å²) in [6.45, 7) is 0.563. The first-order chi connectivity index (χ1) is 25.1. The molecule has 2 aromatic carbocycles. The van der Waals surface area contributed by atoms with Gasteiger partial charge in [-0.1, -0.05) is 18.2 Å². The Morgan fingerprint density at radius 3 is 2.67 bits per heavy atom. The fraction of sp³-hybridized carbons (Fsp3) is 0.270. The summed E-state index contributed by atoms with van der Waals surface area (Å²) in [7, 11) is 1.24. The van der Waals surface area contributed by atoms with Gasteiger partial charge in [0.2, 0.25) is 0 Å². The average Bonchev–Trinajstić information content (AvgIpc) is 3.95. The number of H-pyrrole nitrogens is 1. The van der Waals surface area contributed by atoms with Crippen LogP contribution in [0, 0.1) is 11.6 Å². The van der Waals surface area contributed by atoms with E-state index in [1.54, 1.807) is 23.1 Å². The van der Waals surface area contributed by atoms with Gasteiger partial charge in [0, 0.05) is 35.2 Å². The summed E-state index contributed by atoms with van der Waals surface area (Å²) in [5.41, 5.74) is 3.50. The molecule has 10 nitrogen and oxygen atoms in total. The largest absolute Gasteiger partial charge is 0.493 e. The van der Waals surface area contributed by atoms with E-state index in [0.717, 1.165) is 24.5 Å². The van der Waals surface area contributed by atoms with Gasteiger partial charge < -0.3 is 19.4 Å². The molecule has 2 atom stereocenters. The lowest BCUT2D eigenvalue weighted by molar-refractivity contribution is -0.00736. The highest BCUT2D eigenvalue weighted by molar-refractivity contribution is 7.23. The number of ether oxygens (including phenoxy) is 1. The van der Waals surface area contributed by atoms with E-state index in [1.165, 1.54) is 42.8 Å². The second kappa shape index (κ2) is 12.0. The maximum atomic E-state index is 15.6. The molecular weight excluding hydrogens is 701 g/mol. The van der Waals surface area contributed by atoms with Gasteiger partial charge in [-0.15, -0.1) is 16.4 Å². The molecule has 1 amide bonds. The maximum absolute atomic E-state index is 15.6. The number of hydrogen-bond donors (Lipinski definition) is 2. The van der Waals surface area contributed by atoms with Crippen LogP contribution >= 0.6 is 11.3 Å². The predicted octanol–water partition coefficient (Wildman–Crippen LogP) is 7.41. The number of halogens is 4. The number of alkyl halides is 2. The first-order valence-electron chi connectivity index (χ1n) is 16.7. The van der Waals surface area contributed by atoms with Gasteiger partial charge in [-0.2, -0.15) is 0 Å². The van der Waals surface area contributed by atoms with Crippen molar-refractivity contribution in [2.24, 2.45) is 0 Å². The number of hydrogen-bond acceptors (Lipinski definition) is 9. The van der Waals surface area contributed by atoms with E-state index in [2.05, 4.69) is 20.5 Å². The van der Waals surface area contributed by atoms with Crippen LogP contribution in [0.3, 0.4) is 0 Å². The number of nitrogens with zero attached hydrogens (tertiary/aromatic N) is 4. The number of aromatic nitrogens is 4. The lowest BCUT2D eigenvalue weighted by atomic mass is 9.93. The fourth-order valence-corrected chi connectivity index (χ4v) is 8.99. The van der Waals surface area contributed by atoms with E-state index in [1.807, 2.05) is 6.07 Å². The molecule has 1 fully saturated rings. The maximum Gasteiger partial charge on any atom is 0.434 e. The molecule has 0 unspecified atom stereocenters. The van der Waals surface area contributed by atoms with Crippen molar-refractivity contribution in [3.05, 3.63) is 111 Å². The minimum Gasteiger partial charge on any atom is -0.493 e. The highest BCUT2D eigenvalue weighted by Crippen LogP contribution is 2.52. The summed E-state index contributed by atoms with van der Waals surface area (Å²) in [4.78, 5) is 38.4. The average molecular weight is 729 g/mol. The number of aromatic amines is 1. The van der Waals surface area contributed by atoms with Crippen LogP contribution in [0.1, 0.15) is 63.4 Å². The van der Waals surface area contributed by atoms with Gasteiger partial charge in [-0.25, -0.2) is 32.4 Å². The number of rotatable bonds is 8. The SMILES string of the molecule is COc1c(F)ccc2c1CC(F)(F)[C@H]2Nc1nccc2cc(-c3c4c(nc(CCc5ccc(F)cc5)c3-c3n[nH]c(=O)o3)[C@H]3CCCN3C4=O)sc12. The summed E-state index contributed by atoms with van der Waals surface area (Å²) in [5.74, 6) is -5.46. The Labute approximate surface area is 296 Å². The minimum atomic E-state index is -3.29. The number of fused-ring (bicyclic) bond motifs is 5. The summed E-state index contributed by atoms with van der Waals surface area (Å²) in [6.07, 6.45) is 3.15.